The van der Waals surface area contributed by atoms with Gasteiger partial charge in [-0.25, -0.2) is 4.98 Å². The Labute approximate surface area is 82.0 Å². The van der Waals surface area contributed by atoms with Gasteiger partial charge in [-0.3, -0.25) is 4.40 Å². The first-order chi connectivity index (χ1) is 6.24. The minimum atomic E-state index is 1.04. The van der Waals surface area contributed by atoms with Crippen LogP contribution in [-0.2, 0) is 0 Å². The van der Waals surface area contributed by atoms with Gasteiger partial charge in [0.05, 0.1) is 10.7 Å². The number of imidazole rings is 1. The van der Waals surface area contributed by atoms with Gasteiger partial charge in [0.25, 0.3) is 0 Å². The number of fused-ring (bicyclic) bond motifs is 1. The first-order valence-corrected chi connectivity index (χ1v) is 5.45. The molecule has 0 unspecified atom stereocenters. The Bertz CT molecular complexity index is 445. The van der Waals surface area contributed by atoms with Gasteiger partial charge in [0.1, 0.15) is 5.65 Å². The van der Waals surface area contributed by atoms with Crippen LogP contribution in [0, 0.1) is 13.8 Å². The molecule has 0 spiro atoms. The smallest absolute Gasteiger partial charge is 0.138 e. The second-order valence-electron chi connectivity index (χ2n) is 3.04. The normalized spacial score (nSPS) is 11.0. The van der Waals surface area contributed by atoms with Crippen molar-refractivity contribution in [2.45, 2.75) is 18.9 Å². The average molecular weight is 192 g/mol. The highest BCUT2D eigenvalue weighted by atomic mass is 32.2. The van der Waals surface area contributed by atoms with Crippen molar-refractivity contribution in [2.24, 2.45) is 0 Å². The summed E-state index contributed by atoms with van der Waals surface area (Å²) in [7, 11) is 0. The molecule has 0 fully saturated rings. The zero-order valence-electron chi connectivity index (χ0n) is 8.03. The van der Waals surface area contributed by atoms with Gasteiger partial charge >= 0.3 is 0 Å². The van der Waals surface area contributed by atoms with Gasteiger partial charge in [-0.1, -0.05) is 6.07 Å². The van der Waals surface area contributed by atoms with Crippen molar-refractivity contribution >= 4 is 17.4 Å². The molecule has 0 radical (unpaired) electrons. The van der Waals surface area contributed by atoms with E-state index in [1.54, 1.807) is 11.8 Å². The number of hydrogen-bond acceptors (Lipinski definition) is 2. The molecule has 2 aromatic heterocycles. The van der Waals surface area contributed by atoms with E-state index >= 15 is 0 Å². The van der Waals surface area contributed by atoms with Crippen LogP contribution < -0.4 is 0 Å². The lowest BCUT2D eigenvalue weighted by Crippen LogP contribution is -1.91. The second kappa shape index (κ2) is 3.07. The highest BCUT2D eigenvalue weighted by molar-refractivity contribution is 7.98. The van der Waals surface area contributed by atoms with Gasteiger partial charge in [-0.2, -0.15) is 0 Å². The Kier molecular flexibility index (Phi) is 2.04. The molecule has 2 aromatic rings. The second-order valence-corrected chi connectivity index (χ2v) is 3.87. The molecule has 2 nitrogen and oxygen atoms in total. The zero-order valence-corrected chi connectivity index (χ0v) is 8.85. The third kappa shape index (κ3) is 1.23. The monoisotopic (exact) mass is 192 g/mol. The molecule has 0 aromatic carbocycles. The fraction of sp³-hybridized carbons (Fsp3) is 0.300. The summed E-state index contributed by atoms with van der Waals surface area (Å²) in [5.74, 6) is 0. The number of aromatic nitrogens is 2. The van der Waals surface area contributed by atoms with Crippen LogP contribution in [0.15, 0.2) is 23.2 Å². The Balaban J connectivity index is 2.87. The van der Waals surface area contributed by atoms with Crippen LogP contribution in [-0.4, -0.2) is 15.6 Å². The maximum absolute atomic E-state index is 4.47. The quantitative estimate of drug-likeness (QED) is 0.646. The highest BCUT2D eigenvalue weighted by Gasteiger charge is 2.06. The minimum Gasteiger partial charge on any atom is -0.291 e. The molecule has 2 heterocycles. The van der Waals surface area contributed by atoms with E-state index in [4.69, 9.17) is 0 Å². The fourth-order valence-electron chi connectivity index (χ4n) is 1.48. The van der Waals surface area contributed by atoms with Crippen LogP contribution >= 0.6 is 11.8 Å². The zero-order chi connectivity index (χ0) is 9.42. The lowest BCUT2D eigenvalue weighted by molar-refractivity contribution is 0.974. The van der Waals surface area contributed by atoms with Crippen molar-refractivity contribution in [2.75, 3.05) is 6.26 Å². The summed E-state index contributed by atoms with van der Waals surface area (Å²) in [6, 6.07) is 6.21. The number of thioether (sulfide) groups is 1. The van der Waals surface area contributed by atoms with E-state index in [0.717, 1.165) is 11.3 Å². The largest absolute Gasteiger partial charge is 0.291 e. The molecule has 0 amide bonds. The van der Waals surface area contributed by atoms with Gasteiger partial charge < -0.3 is 0 Å². The van der Waals surface area contributed by atoms with Crippen molar-refractivity contribution in [3.05, 3.63) is 29.6 Å². The molecule has 0 aliphatic rings. The number of pyridine rings is 1. The summed E-state index contributed by atoms with van der Waals surface area (Å²) in [5.41, 5.74) is 3.39. The maximum Gasteiger partial charge on any atom is 0.138 e. The first-order valence-electron chi connectivity index (χ1n) is 4.22. The summed E-state index contributed by atoms with van der Waals surface area (Å²) in [6.45, 7) is 4.15. The average Bonchev–Trinajstić information content (AvgIpc) is 2.43. The lowest BCUT2D eigenvalue weighted by atomic mass is 10.4. The molecule has 68 valence electrons. The Hall–Kier alpha value is -0.960. The van der Waals surface area contributed by atoms with Gasteiger partial charge in [-0.05, 0) is 32.2 Å². The molecule has 2 rings (SSSR count). The van der Waals surface area contributed by atoms with Crippen LogP contribution in [0.3, 0.4) is 0 Å². The number of hydrogen-bond donors (Lipinski definition) is 0. The van der Waals surface area contributed by atoms with Crippen LogP contribution in [0.1, 0.15) is 11.4 Å². The Morgan fingerprint density at radius 2 is 2.08 bits per heavy atom. The summed E-state index contributed by atoms with van der Waals surface area (Å²) in [5, 5.41) is 1.25. The summed E-state index contributed by atoms with van der Waals surface area (Å²) in [6.07, 6.45) is 2.09. The molecule has 0 aliphatic heterocycles. The number of rotatable bonds is 1. The molecule has 0 N–H and O–H groups in total. The summed E-state index contributed by atoms with van der Waals surface area (Å²) in [4.78, 5) is 4.47. The molecule has 0 aliphatic carbocycles. The van der Waals surface area contributed by atoms with E-state index in [0.29, 0.717) is 0 Å². The van der Waals surface area contributed by atoms with Crippen LogP contribution in [0.25, 0.3) is 5.65 Å². The van der Waals surface area contributed by atoms with E-state index in [2.05, 4.69) is 28.6 Å². The molecule has 0 bridgehead atoms. The van der Waals surface area contributed by atoms with Crippen molar-refractivity contribution in [3.8, 4) is 0 Å². The van der Waals surface area contributed by atoms with Gasteiger partial charge in [0.2, 0.25) is 0 Å². The fourth-order valence-corrected chi connectivity index (χ4v) is 2.10. The van der Waals surface area contributed by atoms with Crippen molar-refractivity contribution < 1.29 is 0 Å². The van der Waals surface area contributed by atoms with Crippen LogP contribution in [0.5, 0.6) is 0 Å². The van der Waals surface area contributed by atoms with Gasteiger partial charge in [0, 0.05) is 5.69 Å². The van der Waals surface area contributed by atoms with E-state index in [9.17, 15) is 0 Å². The van der Waals surface area contributed by atoms with Gasteiger partial charge in [-0.15, -0.1) is 11.8 Å². The molecule has 13 heavy (non-hydrogen) atoms. The van der Waals surface area contributed by atoms with Crippen molar-refractivity contribution in [3.63, 3.8) is 0 Å². The number of nitrogens with zero attached hydrogens (tertiary/aromatic N) is 2. The predicted molar refractivity (Wildman–Crippen MR) is 56.4 cm³/mol. The molecular weight excluding hydrogens is 180 g/mol. The summed E-state index contributed by atoms with van der Waals surface area (Å²) < 4.78 is 2.19. The lowest BCUT2D eigenvalue weighted by Gasteiger charge is -2.02. The molecule has 0 saturated heterocycles. The number of aryl methyl sites for hydroxylation is 2. The maximum atomic E-state index is 4.47. The molecule has 3 heteroatoms. The third-order valence-corrected chi connectivity index (χ3v) is 3.02. The topological polar surface area (TPSA) is 17.3 Å². The molecule has 0 saturated carbocycles. The Morgan fingerprint density at radius 3 is 2.77 bits per heavy atom. The van der Waals surface area contributed by atoms with Crippen LogP contribution in [0.4, 0.5) is 0 Å². The minimum absolute atomic E-state index is 1.04. The van der Waals surface area contributed by atoms with Crippen molar-refractivity contribution in [1.29, 1.82) is 0 Å². The standard InChI is InChI=1S/C10H12N2S/c1-7-8(2)12-9(11-7)5-4-6-10(12)13-3/h4-6H,1-3H3. The van der Waals surface area contributed by atoms with E-state index in [1.807, 2.05) is 19.1 Å². The van der Waals surface area contributed by atoms with E-state index in [-0.39, 0.29) is 0 Å². The third-order valence-electron chi connectivity index (χ3n) is 2.28. The Morgan fingerprint density at radius 1 is 1.31 bits per heavy atom. The summed E-state index contributed by atoms with van der Waals surface area (Å²) >= 11 is 1.75. The SMILES string of the molecule is CSc1cccc2nc(C)c(C)n12. The van der Waals surface area contributed by atoms with E-state index < -0.39 is 0 Å². The molecular formula is C10H12N2S. The molecule has 0 atom stereocenters. The van der Waals surface area contributed by atoms with Crippen molar-refractivity contribution in [1.82, 2.24) is 9.38 Å². The predicted octanol–water partition coefficient (Wildman–Crippen LogP) is 2.67. The highest BCUT2D eigenvalue weighted by Crippen LogP contribution is 2.20. The first kappa shape index (κ1) is 8.63. The van der Waals surface area contributed by atoms with Crippen LogP contribution in [0.2, 0.25) is 0 Å². The van der Waals surface area contributed by atoms with E-state index in [1.165, 1.54) is 10.7 Å². The van der Waals surface area contributed by atoms with Gasteiger partial charge in [0.15, 0.2) is 0 Å².